The zero-order valence-electron chi connectivity index (χ0n) is 9.66. The van der Waals surface area contributed by atoms with Crippen LogP contribution in [0.2, 0.25) is 5.02 Å². The molecule has 0 aliphatic rings. The Balaban J connectivity index is 1.67. The van der Waals surface area contributed by atoms with Crippen molar-refractivity contribution in [2.45, 2.75) is 6.54 Å². The van der Waals surface area contributed by atoms with Gasteiger partial charge in [-0.1, -0.05) is 17.7 Å². The average Bonchev–Trinajstić information content (AvgIpc) is 2.86. The molecule has 5 heteroatoms. The molecule has 0 radical (unpaired) electrons. The van der Waals surface area contributed by atoms with Gasteiger partial charge in [0.2, 0.25) is 0 Å². The topological polar surface area (TPSA) is 21.3 Å². The van der Waals surface area contributed by atoms with E-state index in [1.54, 1.807) is 17.4 Å². The van der Waals surface area contributed by atoms with Crippen molar-refractivity contribution in [3.8, 4) is 5.75 Å². The molecule has 1 heterocycles. The fraction of sp³-hybridized carbons (Fsp3) is 0.231. The van der Waals surface area contributed by atoms with Gasteiger partial charge in [-0.2, -0.15) is 0 Å². The lowest BCUT2D eigenvalue weighted by Gasteiger charge is -2.07. The molecule has 0 saturated carbocycles. The predicted octanol–water partition coefficient (Wildman–Crippen LogP) is 3.71. The van der Waals surface area contributed by atoms with Crippen LogP contribution in [-0.4, -0.2) is 13.2 Å². The van der Waals surface area contributed by atoms with Gasteiger partial charge < -0.3 is 10.1 Å². The van der Waals surface area contributed by atoms with Crippen LogP contribution < -0.4 is 10.1 Å². The van der Waals surface area contributed by atoms with Crippen molar-refractivity contribution in [1.29, 1.82) is 0 Å². The van der Waals surface area contributed by atoms with E-state index in [0.29, 0.717) is 18.9 Å². The molecule has 1 aromatic heterocycles. The van der Waals surface area contributed by atoms with Crippen molar-refractivity contribution in [3.63, 3.8) is 0 Å². The molecule has 2 rings (SSSR count). The van der Waals surface area contributed by atoms with Gasteiger partial charge >= 0.3 is 0 Å². The summed E-state index contributed by atoms with van der Waals surface area (Å²) in [5.41, 5.74) is 0. The van der Waals surface area contributed by atoms with Gasteiger partial charge in [0.25, 0.3) is 0 Å². The Labute approximate surface area is 114 Å². The zero-order valence-corrected chi connectivity index (χ0v) is 11.2. The van der Waals surface area contributed by atoms with Gasteiger partial charge in [-0.25, -0.2) is 4.39 Å². The molecule has 2 aromatic rings. The molecule has 0 bridgehead atoms. The highest BCUT2D eigenvalue weighted by Gasteiger charge is 2.01. The molecular weight excluding hydrogens is 273 g/mol. The summed E-state index contributed by atoms with van der Waals surface area (Å²) >= 11 is 7.29. The first-order valence-corrected chi connectivity index (χ1v) is 6.82. The first-order valence-electron chi connectivity index (χ1n) is 5.56. The van der Waals surface area contributed by atoms with E-state index in [1.165, 1.54) is 17.0 Å². The summed E-state index contributed by atoms with van der Waals surface area (Å²) in [7, 11) is 0. The van der Waals surface area contributed by atoms with Crippen LogP contribution >= 0.6 is 22.9 Å². The Hall–Kier alpha value is -1.10. The zero-order chi connectivity index (χ0) is 12.8. The summed E-state index contributed by atoms with van der Waals surface area (Å²) in [6, 6.07) is 8.54. The van der Waals surface area contributed by atoms with E-state index in [4.69, 9.17) is 16.3 Å². The molecule has 96 valence electrons. The summed E-state index contributed by atoms with van der Waals surface area (Å²) in [6.07, 6.45) is 0. The molecule has 0 unspecified atom stereocenters. The van der Waals surface area contributed by atoms with Gasteiger partial charge in [-0.3, -0.25) is 0 Å². The van der Waals surface area contributed by atoms with Crippen molar-refractivity contribution < 1.29 is 9.13 Å². The Morgan fingerprint density at radius 3 is 2.94 bits per heavy atom. The van der Waals surface area contributed by atoms with Crippen LogP contribution in [0, 0.1) is 5.82 Å². The van der Waals surface area contributed by atoms with Crippen LogP contribution in [0.15, 0.2) is 35.7 Å². The maximum Gasteiger partial charge on any atom is 0.145 e. The Morgan fingerprint density at radius 1 is 1.33 bits per heavy atom. The summed E-state index contributed by atoms with van der Waals surface area (Å²) < 4.78 is 18.5. The van der Waals surface area contributed by atoms with Gasteiger partial charge in [0.1, 0.15) is 18.2 Å². The van der Waals surface area contributed by atoms with E-state index in [1.807, 2.05) is 11.4 Å². The lowest BCUT2D eigenvalue weighted by Crippen LogP contribution is -2.20. The Morgan fingerprint density at radius 2 is 2.22 bits per heavy atom. The normalized spacial score (nSPS) is 10.6. The van der Waals surface area contributed by atoms with Gasteiger partial charge in [0.15, 0.2) is 0 Å². The van der Waals surface area contributed by atoms with E-state index < -0.39 is 5.82 Å². The molecule has 0 spiro atoms. The molecule has 1 aromatic carbocycles. The number of thiophene rings is 1. The summed E-state index contributed by atoms with van der Waals surface area (Å²) in [4.78, 5) is 1.28. The van der Waals surface area contributed by atoms with Crippen molar-refractivity contribution in [3.05, 3.63) is 51.4 Å². The molecular formula is C13H13ClFNOS. The highest BCUT2D eigenvalue weighted by Crippen LogP contribution is 2.20. The SMILES string of the molecule is Fc1cc(OCCNCc2cccs2)ccc1Cl. The van der Waals surface area contributed by atoms with Gasteiger partial charge in [0, 0.05) is 24.0 Å². The molecule has 0 atom stereocenters. The van der Waals surface area contributed by atoms with E-state index in [2.05, 4.69) is 11.4 Å². The molecule has 0 aliphatic heterocycles. The van der Waals surface area contributed by atoms with Crippen LogP contribution in [0.4, 0.5) is 4.39 Å². The molecule has 18 heavy (non-hydrogen) atoms. The molecule has 0 aliphatic carbocycles. The number of benzene rings is 1. The number of rotatable bonds is 6. The Kier molecular flexibility index (Phi) is 4.99. The van der Waals surface area contributed by atoms with Crippen LogP contribution in [0.3, 0.4) is 0 Å². The first-order chi connectivity index (χ1) is 8.75. The third kappa shape index (κ3) is 3.98. The van der Waals surface area contributed by atoms with Crippen LogP contribution in [0.25, 0.3) is 0 Å². The van der Waals surface area contributed by atoms with Crippen molar-refractivity contribution in [1.82, 2.24) is 5.32 Å². The third-order valence-corrected chi connectivity index (χ3v) is 3.50. The summed E-state index contributed by atoms with van der Waals surface area (Å²) in [6.45, 7) is 2.03. The van der Waals surface area contributed by atoms with E-state index >= 15 is 0 Å². The molecule has 1 N–H and O–H groups in total. The van der Waals surface area contributed by atoms with Crippen molar-refractivity contribution >= 4 is 22.9 Å². The van der Waals surface area contributed by atoms with Crippen LogP contribution in [-0.2, 0) is 6.54 Å². The highest BCUT2D eigenvalue weighted by molar-refractivity contribution is 7.09. The summed E-state index contributed by atoms with van der Waals surface area (Å²) in [5, 5.41) is 5.40. The smallest absolute Gasteiger partial charge is 0.145 e. The van der Waals surface area contributed by atoms with E-state index in [0.717, 1.165) is 6.54 Å². The van der Waals surface area contributed by atoms with E-state index in [-0.39, 0.29) is 5.02 Å². The molecule has 2 nitrogen and oxygen atoms in total. The molecule has 0 fully saturated rings. The maximum absolute atomic E-state index is 13.1. The first kappa shape index (κ1) is 13.3. The average molecular weight is 286 g/mol. The number of nitrogens with one attached hydrogen (secondary N) is 1. The second-order valence-corrected chi connectivity index (χ2v) is 5.12. The van der Waals surface area contributed by atoms with Crippen LogP contribution in [0.1, 0.15) is 4.88 Å². The fourth-order valence-corrected chi connectivity index (χ4v) is 2.22. The highest BCUT2D eigenvalue weighted by atomic mass is 35.5. The van der Waals surface area contributed by atoms with Gasteiger partial charge in [0.05, 0.1) is 5.02 Å². The quantitative estimate of drug-likeness (QED) is 0.817. The largest absolute Gasteiger partial charge is 0.492 e. The number of halogens is 2. The maximum atomic E-state index is 13.1. The minimum Gasteiger partial charge on any atom is -0.492 e. The van der Waals surface area contributed by atoms with Crippen molar-refractivity contribution in [2.24, 2.45) is 0 Å². The number of hydrogen-bond donors (Lipinski definition) is 1. The number of ether oxygens (including phenoxy) is 1. The molecule has 0 saturated heterocycles. The van der Waals surface area contributed by atoms with Crippen LogP contribution in [0.5, 0.6) is 5.75 Å². The summed E-state index contributed by atoms with van der Waals surface area (Å²) in [5.74, 6) is 0.0375. The van der Waals surface area contributed by atoms with E-state index in [9.17, 15) is 4.39 Å². The second kappa shape index (κ2) is 6.73. The lowest BCUT2D eigenvalue weighted by molar-refractivity contribution is 0.312. The minimum atomic E-state index is -0.458. The number of hydrogen-bond acceptors (Lipinski definition) is 3. The minimum absolute atomic E-state index is 0.109. The monoisotopic (exact) mass is 285 g/mol. The second-order valence-electron chi connectivity index (χ2n) is 3.68. The Bertz CT molecular complexity index is 490. The van der Waals surface area contributed by atoms with Gasteiger partial charge in [-0.15, -0.1) is 11.3 Å². The predicted molar refractivity (Wildman–Crippen MR) is 72.9 cm³/mol. The lowest BCUT2D eigenvalue weighted by atomic mass is 10.3. The van der Waals surface area contributed by atoms with Crippen molar-refractivity contribution in [2.75, 3.05) is 13.2 Å². The standard InChI is InChI=1S/C13H13ClFNOS/c14-12-4-3-10(8-13(12)15)17-6-5-16-9-11-2-1-7-18-11/h1-4,7-8,16H,5-6,9H2. The fourth-order valence-electron chi connectivity index (χ4n) is 1.43. The molecule has 0 amide bonds. The third-order valence-electron chi connectivity index (χ3n) is 2.32. The van der Waals surface area contributed by atoms with Gasteiger partial charge in [-0.05, 0) is 23.6 Å².